The minimum absolute atomic E-state index is 0.373. The van der Waals surface area contributed by atoms with Gasteiger partial charge >= 0.3 is 0 Å². The predicted octanol–water partition coefficient (Wildman–Crippen LogP) is 4.09. The van der Waals surface area contributed by atoms with Gasteiger partial charge in [0.2, 0.25) is 11.7 Å². The summed E-state index contributed by atoms with van der Waals surface area (Å²) in [5.41, 5.74) is 4.31. The van der Waals surface area contributed by atoms with Gasteiger partial charge in [0.25, 0.3) is 0 Å². The molecule has 0 atom stereocenters. The molecule has 1 heterocycles. The van der Waals surface area contributed by atoms with Crippen molar-refractivity contribution in [3.05, 3.63) is 65.5 Å². The summed E-state index contributed by atoms with van der Waals surface area (Å²) in [7, 11) is 0. The summed E-state index contributed by atoms with van der Waals surface area (Å²) in [6, 6.07) is 16.1. The highest BCUT2D eigenvalue weighted by Gasteiger charge is 2.10. The van der Waals surface area contributed by atoms with Crippen molar-refractivity contribution in [2.24, 2.45) is 0 Å². The molecule has 6 heteroatoms. The highest BCUT2D eigenvalue weighted by Crippen LogP contribution is 2.19. The third-order valence-electron chi connectivity index (χ3n) is 3.87. The van der Waals surface area contributed by atoms with Crippen LogP contribution in [-0.4, -0.2) is 15.3 Å². The summed E-state index contributed by atoms with van der Waals surface area (Å²) in [5.74, 6) is 1.08. The molecule has 0 saturated carbocycles. The van der Waals surface area contributed by atoms with Crippen molar-refractivity contribution in [2.45, 2.75) is 26.8 Å². The van der Waals surface area contributed by atoms with Crippen LogP contribution < -0.4 is 10.6 Å². The Morgan fingerprint density at radius 1 is 1.12 bits per heavy atom. The van der Waals surface area contributed by atoms with Crippen LogP contribution in [0, 0.1) is 6.92 Å². The van der Waals surface area contributed by atoms with Gasteiger partial charge in [-0.1, -0.05) is 48.5 Å². The first-order valence-electron chi connectivity index (χ1n) is 8.18. The quantitative estimate of drug-likeness (QED) is 0.674. The average Bonchev–Trinajstić information content (AvgIpc) is 3.10. The number of aromatic nitrogens is 2. The van der Waals surface area contributed by atoms with Gasteiger partial charge in [-0.05, 0) is 48.8 Å². The average molecular weight is 352 g/mol. The number of nitrogens with zero attached hydrogens (tertiary/aromatic N) is 2. The zero-order valence-electron chi connectivity index (χ0n) is 14.2. The van der Waals surface area contributed by atoms with Crippen LogP contribution in [0.25, 0.3) is 11.4 Å². The fourth-order valence-corrected chi connectivity index (χ4v) is 2.60. The number of thiocarbonyl (C=S) groups is 1. The van der Waals surface area contributed by atoms with Crippen molar-refractivity contribution < 1.29 is 4.52 Å². The SMILES string of the molecule is CCc1ccc(NC(=S)NCc2nc(-c3ccccc3C)no2)cc1. The Bertz CT molecular complexity index is 858. The van der Waals surface area contributed by atoms with Crippen molar-refractivity contribution in [3.8, 4) is 11.4 Å². The maximum Gasteiger partial charge on any atom is 0.246 e. The molecule has 5 nitrogen and oxygen atoms in total. The second kappa shape index (κ2) is 7.90. The molecule has 2 N–H and O–H groups in total. The lowest BCUT2D eigenvalue weighted by atomic mass is 10.1. The van der Waals surface area contributed by atoms with E-state index in [2.05, 4.69) is 39.8 Å². The number of anilines is 1. The fourth-order valence-electron chi connectivity index (χ4n) is 2.41. The molecule has 0 bridgehead atoms. The van der Waals surface area contributed by atoms with E-state index in [1.807, 2.05) is 43.3 Å². The zero-order chi connectivity index (χ0) is 17.6. The molecule has 25 heavy (non-hydrogen) atoms. The van der Waals surface area contributed by atoms with Gasteiger partial charge in [-0.15, -0.1) is 0 Å². The van der Waals surface area contributed by atoms with Crippen molar-refractivity contribution >= 4 is 23.0 Å². The van der Waals surface area contributed by atoms with E-state index in [0.717, 1.165) is 23.2 Å². The summed E-state index contributed by atoms with van der Waals surface area (Å²) < 4.78 is 5.29. The smallest absolute Gasteiger partial charge is 0.246 e. The lowest BCUT2D eigenvalue weighted by Crippen LogP contribution is -2.28. The number of benzene rings is 2. The number of rotatable bonds is 5. The van der Waals surface area contributed by atoms with Gasteiger partial charge in [-0.25, -0.2) is 0 Å². The first-order valence-corrected chi connectivity index (χ1v) is 8.59. The van der Waals surface area contributed by atoms with Crippen LogP contribution >= 0.6 is 12.2 Å². The molecule has 0 saturated heterocycles. The summed E-state index contributed by atoms with van der Waals surface area (Å²) in [5, 5.41) is 10.8. The topological polar surface area (TPSA) is 63.0 Å². The molecule has 3 rings (SSSR count). The van der Waals surface area contributed by atoms with E-state index in [9.17, 15) is 0 Å². The van der Waals surface area contributed by atoms with Crippen LogP contribution in [0.1, 0.15) is 23.9 Å². The van der Waals surface area contributed by atoms with Crippen LogP contribution in [0.3, 0.4) is 0 Å². The summed E-state index contributed by atoms with van der Waals surface area (Å²) in [6.45, 7) is 4.52. The molecular formula is C19H20N4OS. The van der Waals surface area contributed by atoms with Gasteiger partial charge in [0.15, 0.2) is 5.11 Å². The van der Waals surface area contributed by atoms with E-state index >= 15 is 0 Å². The molecule has 0 aliphatic carbocycles. The normalized spacial score (nSPS) is 10.5. The molecule has 0 radical (unpaired) electrons. The minimum Gasteiger partial charge on any atom is -0.353 e. The third-order valence-corrected chi connectivity index (χ3v) is 4.12. The van der Waals surface area contributed by atoms with Crippen LogP contribution in [0.5, 0.6) is 0 Å². The molecule has 0 fully saturated rings. The van der Waals surface area contributed by atoms with E-state index in [1.165, 1.54) is 5.56 Å². The molecular weight excluding hydrogens is 332 g/mol. The van der Waals surface area contributed by atoms with Gasteiger partial charge in [-0.3, -0.25) is 0 Å². The fraction of sp³-hybridized carbons (Fsp3) is 0.211. The van der Waals surface area contributed by atoms with E-state index in [0.29, 0.717) is 23.4 Å². The second-order valence-corrected chi connectivity index (χ2v) is 6.09. The first-order chi connectivity index (χ1) is 12.2. The standard InChI is InChI=1S/C19H20N4OS/c1-3-14-8-10-15(11-9-14)21-19(25)20-12-17-22-18(23-24-17)16-7-5-4-6-13(16)2/h4-11H,3,12H2,1-2H3,(H2,20,21,25). The Morgan fingerprint density at radius 3 is 2.60 bits per heavy atom. The lowest BCUT2D eigenvalue weighted by molar-refractivity contribution is 0.376. The van der Waals surface area contributed by atoms with Gasteiger partial charge in [0.05, 0.1) is 6.54 Å². The van der Waals surface area contributed by atoms with Crippen molar-refractivity contribution in [1.82, 2.24) is 15.5 Å². The largest absolute Gasteiger partial charge is 0.353 e. The Morgan fingerprint density at radius 2 is 1.88 bits per heavy atom. The Balaban J connectivity index is 1.56. The highest BCUT2D eigenvalue weighted by atomic mass is 32.1. The van der Waals surface area contributed by atoms with Crippen LogP contribution in [0.4, 0.5) is 5.69 Å². The molecule has 1 aromatic heterocycles. The maximum absolute atomic E-state index is 5.31. The Labute approximate surface area is 152 Å². The first kappa shape index (κ1) is 17.1. The van der Waals surface area contributed by atoms with Crippen molar-refractivity contribution in [3.63, 3.8) is 0 Å². The summed E-state index contributed by atoms with van der Waals surface area (Å²) >= 11 is 5.31. The molecule has 0 spiro atoms. The van der Waals surface area contributed by atoms with Gasteiger partial charge < -0.3 is 15.2 Å². The van der Waals surface area contributed by atoms with E-state index in [-0.39, 0.29) is 0 Å². The summed E-state index contributed by atoms with van der Waals surface area (Å²) in [4.78, 5) is 4.42. The van der Waals surface area contributed by atoms with Crippen molar-refractivity contribution in [1.29, 1.82) is 0 Å². The molecule has 2 aromatic carbocycles. The lowest BCUT2D eigenvalue weighted by Gasteiger charge is -2.09. The number of hydrogen-bond acceptors (Lipinski definition) is 4. The Kier molecular flexibility index (Phi) is 5.40. The molecule has 0 aliphatic rings. The third kappa shape index (κ3) is 4.42. The van der Waals surface area contributed by atoms with E-state index in [4.69, 9.17) is 16.7 Å². The maximum atomic E-state index is 5.31. The van der Waals surface area contributed by atoms with Crippen LogP contribution in [-0.2, 0) is 13.0 Å². The van der Waals surface area contributed by atoms with Gasteiger partial charge in [0, 0.05) is 11.3 Å². The number of hydrogen-bond donors (Lipinski definition) is 2. The molecule has 3 aromatic rings. The summed E-state index contributed by atoms with van der Waals surface area (Å²) in [6.07, 6.45) is 1.02. The number of aryl methyl sites for hydroxylation is 2. The van der Waals surface area contributed by atoms with Crippen LogP contribution in [0.15, 0.2) is 53.1 Å². The Hall–Kier alpha value is -2.73. The second-order valence-electron chi connectivity index (χ2n) is 5.68. The molecule has 0 aliphatic heterocycles. The van der Waals surface area contributed by atoms with Gasteiger partial charge in [-0.2, -0.15) is 4.98 Å². The van der Waals surface area contributed by atoms with Gasteiger partial charge in [0.1, 0.15) is 0 Å². The molecule has 0 unspecified atom stereocenters. The van der Waals surface area contributed by atoms with E-state index in [1.54, 1.807) is 0 Å². The minimum atomic E-state index is 0.373. The molecule has 128 valence electrons. The van der Waals surface area contributed by atoms with E-state index < -0.39 is 0 Å². The highest BCUT2D eigenvalue weighted by molar-refractivity contribution is 7.80. The van der Waals surface area contributed by atoms with Crippen LogP contribution in [0.2, 0.25) is 0 Å². The molecule has 0 amide bonds. The predicted molar refractivity (Wildman–Crippen MR) is 103 cm³/mol. The monoisotopic (exact) mass is 352 g/mol. The van der Waals surface area contributed by atoms with Crippen molar-refractivity contribution in [2.75, 3.05) is 5.32 Å². The zero-order valence-corrected chi connectivity index (χ0v) is 15.1. The number of nitrogens with one attached hydrogen (secondary N) is 2.